The van der Waals surface area contributed by atoms with Crippen molar-refractivity contribution in [3.8, 4) is 11.8 Å². The first-order valence-corrected chi connectivity index (χ1v) is 8.19. The van der Waals surface area contributed by atoms with Gasteiger partial charge in [0.25, 0.3) is 5.91 Å². The monoisotopic (exact) mass is 328 g/mol. The normalized spacial score (nSPS) is 24.6. The number of carbonyl (C=O) groups is 1. The van der Waals surface area contributed by atoms with Gasteiger partial charge in [0, 0.05) is 13.0 Å². The number of ether oxygens (including phenoxy) is 1. The van der Waals surface area contributed by atoms with Gasteiger partial charge in [0.1, 0.15) is 29.1 Å². The third-order valence-electron chi connectivity index (χ3n) is 4.03. The molecule has 1 aromatic rings. The van der Waals surface area contributed by atoms with E-state index in [1.807, 2.05) is 50.2 Å². The molecule has 1 heterocycles. The molecule has 1 aliphatic heterocycles. The van der Waals surface area contributed by atoms with Crippen LogP contribution in [-0.2, 0) is 4.79 Å². The van der Waals surface area contributed by atoms with Crippen LogP contribution >= 0.6 is 0 Å². The quantitative estimate of drug-likeness (QED) is 0.681. The highest BCUT2D eigenvalue weighted by Gasteiger charge is 2.41. The van der Waals surface area contributed by atoms with Crippen LogP contribution < -0.4 is 4.74 Å². The first-order valence-electron chi connectivity index (χ1n) is 8.19. The minimum absolute atomic E-state index is 0.114. The Labute approximate surface area is 143 Å². The molecule has 0 aliphatic carbocycles. The van der Waals surface area contributed by atoms with Gasteiger partial charge in [-0.15, -0.1) is 0 Å². The molecule has 1 amide bonds. The Balaban J connectivity index is 2.08. The van der Waals surface area contributed by atoms with E-state index >= 15 is 0 Å². The van der Waals surface area contributed by atoms with E-state index < -0.39 is 11.7 Å². The molecule has 5 nitrogen and oxygen atoms in total. The summed E-state index contributed by atoms with van der Waals surface area (Å²) in [7, 11) is 0. The fourth-order valence-electron chi connectivity index (χ4n) is 2.83. The van der Waals surface area contributed by atoms with Gasteiger partial charge in [0.05, 0.1) is 6.54 Å². The molecule has 128 valence electrons. The fourth-order valence-corrected chi connectivity index (χ4v) is 2.83. The summed E-state index contributed by atoms with van der Waals surface area (Å²) in [6.07, 6.45) is 1.76. The van der Waals surface area contributed by atoms with Crippen molar-refractivity contribution in [3.05, 3.63) is 42.0 Å². The lowest BCUT2D eigenvalue weighted by atomic mass is 9.91. The molecule has 1 aromatic carbocycles. The van der Waals surface area contributed by atoms with Gasteiger partial charge in [0.15, 0.2) is 0 Å². The molecule has 1 fully saturated rings. The van der Waals surface area contributed by atoms with Crippen LogP contribution in [0.2, 0.25) is 0 Å². The average Bonchev–Trinajstić information content (AvgIpc) is 2.54. The highest BCUT2D eigenvalue weighted by atomic mass is 16.5. The van der Waals surface area contributed by atoms with Gasteiger partial charge < -0.3 is 14.7 Å². The molecule has 2 rings (SSSR count). The molecule has 0 saturated carbocycles. The van der Waals surface area contributed by atoms with Crippen molar-refractivity contribution in [2.75, 3.05) is 13.1 Å². The first kappa shape index (κ1) is 18.0. The number of benzene rings is 1. The van der Waals surface area contributed by atoms with Crippen LogP contribution in [0.3, 0.4) is 0 Å². The van der Waals surface area contributed by atoms with Crippen molar-refractivity contribution < 1.29 is 14.6 Å². The van der Waals surface area contributed by atoms with E-state index in [9.17, 15) is 15.2 Å². The van der Waals surface area contributed by atoms with Crippen molar-refractivity contribution in [2.24, 2.45) is 5.92 Å². The number of piperidine rings is 1. The summed E-state index contributed by atoms with van der Waals surface area (Å²) in [4.78, 5) is 14.0. The predicted octanol–water partition coefficient (Wildman–Crippen LogP) is 2.52. The lowest BCUT2D eigenvalue weighted by Gasteiger charge is -2.42. The second-order valence-electron chi connectivity index (χ2n) is 6.73. The Morgan fingerprint density at radius 3 is 2.67 bits per heavy atom. The zero-order valence-corrected chi connectivity index (χ0v) is 14.4. The summed E-state index contributed by atoms with van der Waals surface area (Å²) in [6, 6.07) is 11.3. The number of hydrogen-bond acceptors (Lipinski definition) is 4. The number of rotatable bonds is 4. The summed E-state index contributed by atoms with van der Waals surface area (Å²) >= 11 is 0. The second kappa shape index (κ2) is 7.50. The van der Waals surface area contributed by atoms with Crippen LogP contribution in [0, 0.1) is 17.2 Å². The lowest BCUT2D eigenvalue weighted by Crippen LogP contribution is -2.58. The predicted molar refractivity (Wildman–Crippen MR) is 91.2 cm³/mol. The van der Waals surface area contributed by atoms with E-state index in [4.69, 9.17) is 4.74 Å². The number of β-amino-alcohol motifs (C(OH)–C–C–N with tert-alkyl or cyclic N) is 1. The van der Waals surface area contributed by atoms with Crippen molar-refractivity contribution >= 4 is 5.91 Å². The van der Waals surface area contributed by atoms with E-state index in [2.05, 4.69) is 0 Å². The highest BCUT2D eigenvalue weighted by molar-refractivity contribution is 5.97. The van der Waals surface area contributed by atoms with Crippen LogP contribution in [0.4, 0.5) is 0 Å². The molecule has 2 atom stereocenters. The number of carbonyl (C=O) groups excluding carboxylic acids is 1. The van der Waals surface area contributed by atoms with Gasteiger partial charge >= 0.3 is 0 Å². The smallest absolute Gasteiger partial charge is 0.264 e. The van der Waals surface area contributed by atoms with Crippen molar-refractivity contribution in [1.82, 2.24) is 4.90 Å². The number of amides is 1. The van der Waals surface area contributed by atoms with Gasteiger partial charge in [-0.05, 0) is 25.0 Å². The SMILES string of the molecule is CC(C)/C=C(\C#N)C(=O)N1CC[C@H](Oc2ccccc2)[C@@](C)(O)C1. The Hall–Kier alpha value is -2.32. The van der Waals surface area contributed by atoms with E-state index in [0.717, 1.165) is 0 Å². The van der Waals surface area contributed by atoms with Crippen LogP contribution in [-0.4, -0.2) is 40.7 Å². The zero-order chi connectivity index (χ0) is 17.7. The fraction of sp³-hybridized carbons (Fsp3) is 0.474. The van der Waals surface area contributed by atoms with E-state index in [1.54, 1.807) is 13.0 Å². The molecule has 0 radical (unpaired) electrons. The molecule has 1 aliphatic rings. The van der Waals surface area contributed by atoms with E-state index in [1.165, 1.54) is 4.90 Å². The molecule has 0 aromatic heterocycles. The average molecular weight is 328 g/mol. The summed E-state index contributed by atoms with van der Waals surface area (Å²) in [6.45, 7) is 6.09. The largest absolute Gasteiger partial charge is 0.487 e. The van der Waals surface area contributed by atoms with E-state index in [-0.39, 0.29) is 23.9 Å². The summed E-state index contributed by atoms with van der Waals surface area (Å²) in [5.41, 5.74) is -1.05. The molecule has 0 bridgehead atoms. The number of allylic oxidation sites excluding steroid dienone is 1. The zero-order valence-electron chi connectivity index (χ0n) is 14.4. The third-order valence-corrected chi connectivity index (χ3v) is 4.03. The second-order valence-corrected chi connectivity index (χ2v) is 6.73. The van der Waals surface area contributed by atoms with Gasteiger partial charge in [-0.3, -0.25) is 4.79 Å². The first-order chi connectivity index (χ1) is 11.3. The standard InChI is InChI=1S/C19H24N2O3/c1-14(2)11-15(12-20)18(22)21-10-9-17(19(3,23)13-21)24-16-7-5-4-6-8-16/h4-8,11,14,17,23H,9-10,13H2,1-3H3/b15-11+/t17-,19-/m0/s1. The van der Waals surface area contributed by atoms with Gasteiger partial charge in [-0.25, -0.2) is 0 Å². The van der Waals surface area contributed by atoms with Crippen LogP contribution in [0.1, 0.15) is 27.2 Å². The number of likely N-dealkylation sites (tertiary alicyclic amines) is 1. The molecule has 1 saturated heterocycles. The molecule has 0 unspecified atom stereocenters. The molecule has 24 heavy (non-hydrogen) atoms. The van der Waals surface area contributed by atoms with Gasteiger partial charge in [0.2, 0.25) is 0 Å². The molecular weight excluding hydrogens is 304 g/mol. The summed E-state index contributed by atoms with van der Waals surface area (Å²) in [5.74, 6) is 0.479. The molecule has 1 N–H and O–H groups in total. The number of hydrogen-bond donors (Lipinski definition) is 1. The van der Waals surface area contributed by atoms with Gasteiger partial charge in [-0.2, -0.15) is 5.26 Å². The Kier molecular flexibility index (Phi) is 5.63. The molecule has 0 spiro atoms. The van der Waals surface area contributed by atoms with Crippen molar-refractivity contribution in [3.63, 3.8) is 0 Å². The van der Waals surface area contributed by atoms with Crippen LogP contribution in [0.15, 0.2) is 42.0 Å². The minimum Gasteiger partial charge on any atom is -0.487 e. The van der Waals surface area contributed by atoms with Crippen LogP contribution in [0.5, 0.6) is 5.75 Å². The van der Waals surface area contributed by atoms with Crippen LogP contribution in [0.25, 0.3) is 0 Å². The third kappa shape index (κ3) is 4.36. The van der Waals surface area contributed by atoms with E-state index in [0.29, 0.717) is 18.7 Å². The number of para-hydroxylation sites is 1. The number of aliphatic hydroxyl groups is 1. The minimum atomic E-state index is -1.18. The summed E-state index contributed by atoms with van der Waals surface area (Å²) in [5, 5.41) is 19.9. The Morgan fingerprint density at radius 1 is 1.46 bits per heavy atom. The van der Waals surface area contributed by atoms with Crippen molar-refractivity contribution in [2.45, 2.75) is 38.9 Å². The Bertz CT molecular complexity index is 644. The maximum Gasteiger partial charge on any atom is 0.264 e. The maximum atomic E-state index is 12.5. The van der Waals surface area contributed by atoms with Crippen molar-refractivity contribution in [1.29, 1.82) is 5.26 Å². The lowest BCUT2D eigenvalue weighted by molar-refractivity contribution is -0.141. The highest BCUT2D eigenvalue weighted by Crippen LogP contribution is 2.27. The number of nitriles is 1. The number of nitrogens with zero attached hydrogens (tertiary/aromatic N) is 2. The maximum absolute atomic E-state index is 12.5. The Morgan fingerprint density at radius 2 is 2.12 bits per heavy atom. The molecule has 5 heteroatoms. The summed E-state index contributed by atoms with van der Waals surface area (Å²) < 4.78 is 5.88. The van der Waals surface area contributed by atoms with Gasteiger partial charge in [-0.1, -0.05) is 38.1 Å². The molecular formula is C19H24N2O3. The topological polar surface area (TPSA) is 73.6 Å².